The number of hydrogen-bond donors (Lipinski definition) is 1. The molecular weight excluding hydrogens is 222 g/mol. The Labute approximate surface area is 100 Å². The number of amides is 1. The second kappa shape index (κ2) is 6.08. The van der Waals surface area contributed by atoms with Crippen LogP contribution in [0.3, 0.4) is 0 Å². The summed E-state index contributed by atoms with van der Waals surface area (Å²) in [5.74, 6) is -1.09. The van der Waals surface area contributed by atoms with Crippen molar-refractivity contribution in [3.8, 4) is 0 Å². The summed E-state index contributed by atoms with van der Waals surface area (Å²) >= 11 is 0. The SMILES string of the molecule is CCC(C)N(CCC(=O)O)C(=O)c1ccoc1. The van der Waals surface area contributed by atoms with Gasteiger partial charge in [-0.05, 0) is 19.4 Å². The van der Waals surface area contributed by atoms with Crippen LogP contribution in [0.5, 0.6) is 0 Å². The summed E-state index contributed by atoms with van der Waals surface area (Å²) in [6, 6.07) is 1.59. The largest absolute Gasteiger partial charge is 0.481 e. The van der Waals surface area contributed by atoms with Gasteiger partial charge in [0.1, 0.15) is 6.26 Å². The summed E-state index contributed by atoms with van der Waals surface area (Å²) in [4.78, 5) is 24.2. The molecular formula is C12H17NO4. The topological polar surface area (TPSA) is 70.8 Å². The molecule has 1 aromatic rings. The number of carboxylic acid groups (broad SMARTS) is 1. The average Bonchev–Trinajstić information content (AvgIpc) is 2.81. The lowest BCUT2D eigenvalue weighted by atomic mass is 10.1. The zero-order chi connectivity index (χ0) is 12.8. The third-order valence-electron chi connectivity index (χ3n) is 2.72. The van der Waals surface area contributed by atoms with Gasteiger partial charge in [-0.25, -0.2) is 0 Å². The summed E-state index contributed by atoms with van der Waals surface area (Å²) in [7, 11) is 0. The molecule has 1 amide bonds. The third-order valence-corrected chi connectivity index (χ3v) is 2.72. The van der Waals surface area contributed by atoms with E-state index in [1.807, 2.05) is 13.8 Å². The van der Waals surface area contributed by atoms with E-state index in [2.05, 4.69) is 0 Å². The maximum absolute atomic E-state index is 12.1. The molecule has 17 heavy (non-hydrogen) atoms. The van der Waals surface area contributed by atoms with E-state index in [0.29, 0.717) is 5.56 Å². The molecule has 1 rings (SSSR count). The van der Waals surface area contributed by atoms with Crippen LogP contribution in [0.15, 0.2) is 23.0 Å². The van der Waals surface area contributed by atoms with Crippen LogP contribution < -0.4 is 0 Å². The highest BCUT2D eigenvalue weighted by atomic mass is 16.4. The Bertz CT molecular complexity index is 372. The van der Waals surface area contributed by atoms with Crippen LogP contribution >= 0.6 is 0 Å². The molecule has 1 aromatic heterocycles. The number of rotatable bonds is 6. The lowest BCUT2D eigenvalue weighted by Crippen LogP contribution is -2.39. The molecule has 0 aliphatic rings. The van der Waals surface area contributed by atoms with Gasteiger partial charge in [-0.2, -0.15) is 0 Å². The minimum atomic E-state index is -0.904. The van der Waals surface area contributed by atoms with Crippen molar-refractivity contribution in [1.82, 2.24) is 4.90 Å². The summed E-state index contributed by atoms with van der Waals surface area (Å²) in [6.45, 7) is 4.08. The number of nitrogens with zero attached hydrogens (tertiary/aromatic N) is 1. The van der Waals surface area contributed by atoms with Gasteiger partial charge in [0.2, 0.25) is 0 Å². The van der Waals surface area contributed by atoms with E-state index >= 15 is 0 Å². The monoisotopic (exact) mass is 239 g/mol. The number of carbonyl (C=O) groups is 2. The van der Waals surface area contributed by atoms with Crippen LogP contribution in [0, 0.1) is 0 Å². The summed E-state index contributed by atoms with van der Waals surface area (Å²) in [5, 5.41) is 8.67. The van der Waals surface area contributed by atoms with Gasteiger partial charge in [-0.1, -0.05) is 6.92 Å². The molecule has 0 aromatic carbocycles. The number of carbonyl (C=O) groups excluding carboxylic acids is 1. The smallest absolute Gasteiger partial charge is 0.305 e. The van der Waals surface area contributed by atoms with Gasteiger partial charge in [0.25, 0.3) is 5.91 Å². The lowest BCUT2D eigenvalue weighted by Gasteiger charge is -2.27. The van der Waals surface area contributed by atoms with Crippen molar-refractivity contribution >= 4 is 11.9 Å². The molecule has 1 unspecified atom stereocenters. The fourth-order valence-corrected chi connectivity index (χ4v) is 1.51. The normalized spacial score (nSPS) is 12.1. The van der Waals surface area contributed by atoms with Crippen molar-refractivity contribution < 1.29 is 19.1 Å². The van der Waals surface area contributed by atoms with Crippen molar-refractivity contribution in [2.75, 3.05) is 6.54 Å². The fourth-order valence-electron chi connectivity index (χ4n) is 1.51. The Hall–Kier alpha value is -1.78. The van der Waals surface area contributed by atoms with Gasteiger partial charge in [0, 0.05) is 12.6 Å². The maximum Gasteiger partial charge on any atom is 0.305 e. The highest BCUT2D eigenvalue weighted by Gasteiger charge is 2.21. The van der Waals surface area contributed by atoms with Crippen molar-refractivity contribution in [3.63, 3.8) is 0 Å². The van der Waals surface area contributed by atoms with Crippen molar-refractivity contribution in [2.45, 2.75) is 32.7 Å². The molecule has 0 aliphatic heterocycles. The van der Waals surface area contributed by atoms with E-state index in [-0.39, 0.29) is 24.9 Å². The van der Waals surface area contributed by atoms with Crippen LogP contribution in [0.4, 0.5) is 0 Å². The highest BCUT2D eigenvalue weighted by molar-refractivity contribution is 5.94. The Morgan fingerprint density at radius 2 is 2.24 bits per heavy atom. The minimum Gasteiger partial charge on any atom is -0.481 e. The molecule has 94 valence electrons. The van der Waals surface area contributed by atoms with Crippen molar-refractivity contribution in [1.29, 1.82) is 0 Å². The van der Waals surface area contributed by atoms with Crippen molar-refractivity contribution in [3.05, 3.63) is 24.2 Å². The zero-order valence-electron chi connectivity index (χ0n) is 10.0. The highest BCUT2D eigenvalue weighted by Crippen LogP contribution is 2.12. The predicted molar refractivity (Wildman–Crippen MR) is 61.8 cm³/mol. The van der Waals surface area contributed by atoms with E-state index in [9.17, 15) is 9.59 Å². The average molecular weight is 239 g/mol. The molecule has 1 N–H and O–H groups in total. The first-order valence-corrected chi connectivity index (χ1v) is 5.61. The fraction of sp³-hybridized carbons (Fsp3) is 0.500. The quantitative estimate of drug-likeness (QED) is 0.824. The molecule has 0 aliphatic carbocycles. The Morgan fingerprint density at radius 3 is 2.71 bits per heavy atom. The summed E-state index contributed by atoms with van der Waals surface area (Å²) < 4.78 is 4.86. The van der Waals surface area contributed by atoms with Crippen LogP contribution in [0.2, 0.25) is 0 Å². The maximum atomic E-state index is 12.1. The second-order valence-electron chi connectivity index (χ2n) is 3.91. The van der Waals surface area contributed by atoms with E-state index in [4.69, 9.17) is 9.52 Å². The first kappa shape index (κ1) is 13.3. The first-order chi connectivity index (χ1) is 8.06. The van der Waals surface area contributed by atoms with Crippen LogP contribution in [0.1, 0.15) is 37.0 Å². The lowest BCUT2D eigenvalue weighted by molar-refractivity contribution is -0.137. The standard InChI is InChI=1S/C12H17NO4/c1-3-9(2)13(6-4-11(14)15)12(16)10-5-7-17-8-10/h5,7-9H,3-4,6H2,1-2H3,(H,14,15). The molecule has 5 nitrogen and oxygen atoms in total. The molecule has 0 radical (unpaired) electrons. The second-order valence-corrected chi connectivity index (χ2v) is 3.91. The van der Waals surface area contributed by atoms with E-state index in [0.717, 1.165) is 6.42 Å². The Kier molecular flexibility index (Phi) is 4.75. The van der Waals surface area contributed by atoms with Crippen LogP contribution in [-0.4, -0.2) is 34.5 Å². The number of aliphatic carboxylic acids is 1. The molecule has 0 fully saturated rings. The molecule has 0 saturated carbocycles. The van der Waals surface area contributed by atoms with Gasteiger partial charge in [-0.3, -0.25) is 9.59 Å². The molecule has 0 spiro atoms. The zero-order valence-corrected chi connectivity index (χ0v) is 10.0. The Morgan fingerprint density at radius 1 is 1.53 bits per heavy atom. The number of hydrogen-bond acceptors (Lipinski definition) is 3. The van der Waals surface area contributed by atoms with E-state index < -0.39 is 5.97 Å². The molecule has 0 bridgehead atoms. The summed E-state index contributed by atoms with van der Waals surface area (Å²) in [5.41, 5.74) is 0.454. The van der Waals surface area contributed by atoms with Crippen LogP contribution in [-0.2, 0) is 4.79 Å². The molecule has 1 atom stereocenters. The third kappa shape index (κ3) is 3.62. The van der Waals surface area contributed by atoms with Gasteiger partial charge in [0.05, 0.1) is 18.2 Å². The van der Waals surface area contributed by atoms with Gasteiger partial charge < -0.3 is 14.4 Å². The Balaban J connectivity index is 2.75. The van der Waals surface area contributed by atoms with Gasteiger partial charge >= 0.3 is 5.97 Å². The van der Waals surface area contributed by atoms with Crippen molar-refractivity contribution in [2.24, 2.45) is 0 Å². The first-order valence-electron chi connectivity index (χ1n) is 5.61. The van der Waals surface area contributed by atoms with Crippen LogP contribution in [0.25, 0.3) is 0 Å². The van der Waals surface area contributed by atoms with E-state index in [1.54, 1.807) is 11.0 Å². The van der Waals surface area contributed by atoms with Gasteiger partial charge in [-0.15, -0.1) is 0 Å². The molecule has 1 heterocycles. The minimum absolute atomic E-state index is 0.0109. The summed E-state index contributed by atoms with van der Waals surface area (Å²) in [6.07, 6.45) is 3.54. The van der Waals surface area contributed by atoms with Gasteiger partial charge in [0.15, 0.2) is 0 Å². The number of furan rings is 1. The van der Waals surface area contributed by atoms with E-state index in [1.165, 1.54) is 12.5 Å². The predicted octanol–water partition coefficient (Wildman–Crippen LogP) is 2.00. The number of carboxylic acids is 1. The molecule has 0 saturated heterocycles. The molecule has 5 heteroatoms.